The number of aliphatic hydroxyl groups excluding tert-OH is 1. The lowest BCUT2D eigenvalue weighted by molar-refractivity contribution is 0.198. The second-order valence-corrected chi connectivity index (χ2v) is 5.23. The van der Waals surface area contributed by atoms with Crippen molar-refractivity contribution in [2.45, 2.75) is 12.5 Å². The number of anilines is 1. The minimum Gasteiger partial charge on any atom is -0.497 e. The minimum absolute atomic E-state index is 0.278. The van der Waals surface area contributed by atoms with Crippen LogP contribution in [0.2, 0.25) is 0 Å². The normalized spacial score (nSPS) is 17.6. The average molecular weight is 301 g/mol. The van der Waals surface area contributed by atoms with E-state index in [4.69, 9.17) is 9.47 Å². The predicted molar refractivity (Wildman–Crippen MR) is 83.4 cm³/mol. The van der Waals surface area contributed by atoms with Crippen LogP contribution in [-0.4, -0.2) is 48.7 Å². The highest BCUT2D eigenvalue weighted by Crippen LogP contribution is 2.32. The molecule has 1 N–H and O–H groups in total. The van der Waals surface area contributed by atoms with Crippen molar-refractivity contribution in [3.8, 4) is 22.8 Å². The molecule has 2 heterocycles. The Morgan fingerprint density at radius 3 is 2.59 bits per heavy atom. The summed E-state index contributed by atoms with van der Waals surface area (Å²) in [5, 5.41) is 18.2. The summed E-state index contributed by atoms with van der Waals surface area (Å²) in [5.41, 5.74) is 1.56. The van der Waals surface area contributed by atoms with Crippen LogP contribution >= 0.6 is 0 Å². The largest absolute Gasteiger partial charge is 0.497 e. The number of benzene rings is 1. The van der Waals surface area contributed by atoms with E-state index in [-0.39, 0.29) is 6.10 Å². The van der Waals surface area contributed by atoms with Crippen molar-refractivity contribution < 1.29 is 14.6 Å². The third kappa shape index (κ3) is 2.82. The molecule has 116 valence electrons. The molecule has 0 spiro atoms. The molecule has 2 aromatic rings. The van der Waals surface area contributed by atoms with Gasteiger partial charge in [-0.05, 0) is 36.8 Å². The molecule has 3 rings (SSSR count). The van der Waals surface area contributed by atoms with Crippen molar-refractivity contribution in [2.24, 2.45) is 0 Å². The maximum Gasteiger partial charge on any atom is 0.151 e. The Hall–Kier alpha value is -2.34. The summed E-state index contributed by atoms with van der Waals surface area (Å²) in [6.45, 7) is 1.41. The number of aromatic nitrogens is 2. The van der Waals surface area contributed by atoms with Gasteiger partial charge in [0.05, 0.1) is 26.0 Å². The molecule has 0 radical (unpaired) electrons. The van der Waals surface area contributed by atoms with E-state index >= 15 is 0 Å². The molecule has 6 heteroatoms. The number of nitrogens with zero attached hydrogens (tertiary/aromatic N) is 3. The Bertz CT molecular complexity index is 646. The maximum absolute atomic E-state index is 9.60. The molecule has 0 amide bonds. The zero-order valence-corrected chi connectivity index (χ0v) is 12.7. The summed E-state index contributed by atoms with van der Waals surface area (Å²) >= 11 is 0. The zero-order chi connectivity index (χ0) is 15.5. The van der Waals surface area contributed by atoms with Gasteiger partial charge in [0, 0.05) is 18.7 Å². The quantitative estimate of drug-likeness (QED) is 0.927. The number of methoxy groups -OCH3 is 2. The molecule has 0 saturated carbocycles. The molecular formula is C16H19N3O3. The molecule has 1 saturated heterocycles. The fourth-order valence-corrected chi connectivity index (χ4v) is 2.60. The fraction of sp³-hybridized carbons (Fsp3) is 0.375. The van der Waals surface area contributed by atoms with Crippen molar-refractivity contribution >= 4 is 5.82 Å². The molecule has 0 bridgehead atoms. The van der Waals surface area contributed by atoms with Crippen LogP contribution in [0.5, 0.6) is 11.5 Å². The van der Waals surface area contributed by atoms with Crippen molar-refractivity contribution in [2.75, 3.05) is 32.2 Å². The molecule has 22 heavy (non-hydrogen) atoms. The lowest BCUT2D eigenvalue weighted by atomic mass is 10.1. The van der Waals surface area contributed by atoms with Gasteiger partial charge in [0.1, 0.15) is 11.5 Å². The van der Waals surface area contributed by atoms with Gasteiger partial charge in [0.25, 0.3) is 0 Å². The number of aliphatic hydroxyl groups is 1. The number of β-amino-alcohol motifs (C(OH)–C–C–N with tert-alkyl or cyclic N) is 1. The van der Waals surface area contributed by atoms with Gasteiger partial charge in [0.15, 0.2) is 5.82 Å². The summed E-state index contributed by atoms with van der Waals surface area (Å²) in [6, 6.07) is 9.39. The fourth-order valence-electron chi connectivity index (χ4n) is 2.60. The Morgan fingerprint density at radius 2 is 2.00 bits per heavy atom. The summed E-state index contributed by atoms with van der Waals surface area (Å²) < 4.78 is 10.6. The van der Waals surface area contributed by atoms with Crippen molar-refractivity contribution in [1.29, 1.82) is 0 Å². The smallest absolute Gasteiger partial charge is 0.151 e. The molecule has 1 unspecified atom stereocenters. The Labute approximate surface area is 129 Å². The third-order valence-corrected chi connectivity index (χ3v) is 3.82. The van der Waals surface area contributed by atoms with Gasteiger partial charge in [-0.3, -0.25) is 0 Å². The SMILES string of the molecule is COc1ccc(OC)c(-c2ccc(N3CCC(O)C3)nn2)c1. The van der Waals surface area contributed by atoms with Crippen molar-refractivity contribution in [3.63, 3.8) is 0 Å². The lowest BCUT2D eigenvalue weighted by Crippen LogP contribution is -2.22. The molecule has 6 nitrogen and oxygen atoms in total. The van der Waals surface area contributed by atoms with Gasteiger partial charge in [-0.15, -0.1) is 10.2 Å². The molecule has 1 aliphatic rings. The van der Waals surface area contributed by atoms with Crippen LogP contribution in [0.1, 0.15) is 6.42 Å². The van der Waals surface area contributed by atoms with E-state index < -0.39 is 0 Å². The number of rotatable bonds is 4. The molecule has 1 aromatic heterocycles. The van der Waals surface area contributed by atoms with Gasteiger partial charge in [0.2, 0.25) is 0 Å². The predicted octanol–water partition coefficient (Wildman–Crippen LogP) is 1.73. The number of ether oxygens (including phenoxy) is 2. The van der Waals surface area contributed by atoms with Crippen LogP contribution in [0.4, 0.5) is 5.82 Å². The Balaban J connectivity index is 1.89. The van der Waals surface area contributed by atoms with Crippen LogP contribution in [0.25, 0.3) is 11.3 Å². The highest BCUT2D eigenvalue weighted by molar-refractivity contribution is 5.69. The molecule has 1 fully saturated rings. The molecule has 0 aliphatic carbocycles. The molecular weight excluding hydrogens is 282 g/mol. The van der Waals surface area contributed by atoms with Crippen LogP contribution < -0.4 is 14.4 Å². The summed E-state index contributed by atoms with van der Waals surface area (Å²) in [5.74, 6) is 2.24. The zero-order valence-electron chi connectivity index (χ0n) is 12.7. The summed E-state index contributed by atoms with van der Waals surface area (Å²) in [4.78, 5) is 2.03. The topological polar surface area (TPSA) is 67.7 Å². The first-order valence-corrected chi connectivity index (χ1v) is 7.20. The molecule has 1 aromatic carbocycles. The van der Waals surface area contributed by atoms with Gasteiger partial charge < -0.3 is 19.5 Å². The first-order valence-electron chi connectivity index (χ1n) is 7.20. The van der Waals surface area contributed by atoms with E-state index in [1.54, 1.807) is 14.2 Å². The lowest BCUT2D eigenvalue weighted by Gasteiger charge is -2.16. The van der Waals surface area contributed by atoms with Crippen LogP contribution in [0.3, 0.4) is 0 Å². The van der Waals surface area contributed by atoms with Crippen LogP contribution in [0, 0.1) is 0 Å². The Kier molecular flexibility index (Phi) is 4.11. The molecule has 1 aliphatic heterocycles. The second-order valence-electron chi connectivity index (χ2n) is 5.23. The monoisotopic (exact) mass is 301 g/mol. The average Bonchev–Trinajstić information content (AvgIpc) is 3.01. The van der Waals surface area contributed by atoms with Crippen molar-refractivity contribution in [3.05, 3.63) is 30.3 Å². The number of hydrogen-bond acceptors (Lipinski definition) is 6. The highest BCUT2D eigenvalue weighted by atomic mass is 16.5. The maximum atomic E-state index is 9.60. The van der Waals surface area contributed by atoms with Gasteiger partial charge in [-0.25, -0.2) is 0 Å². The summed E-state index contributed by atoms with van der Waals surface area (Å²) in [7, 11) is 3.25. The van der Waals surface area contributed by atoms with Gasteiger partial charge in [-0.1, -0.05) is 0 Å². The summed E-state index contributed by atoms with van der Waals surface area (Å²) in [6.07, 6.45) is 0.493. The van der Waals surface area contributed by atoms with E-state index in [1.165, 1.54) is 0 Å². The first kappa shape index (κ1) is 14.6. The van der Waals surface area contributed by atoms with Crippen LogP contribution in [-0.2, 0) is 0 Å². The van der Waals surface area contributed by atoms with E-state index in [2.05, 4.69) is 10.2 Å². The third-order valence-electron chi connectivity index (χ3n) is 3.82. The Morgan fingerprint density at radius 1 is 1.14 bits per heavy atom. The molecule has 1 atom stereocenters. The van der Waals surface area contributed by atoms with E-state index in [0.717, 1.165) is 41.5 Å². The van der Waals surface area contributed by atoms with E-state index in [0.29, 0.717) is 6.54 Å². The van der Waals surface area contributed by atoms with Gasteiger partial charge in [-0.2, -0.15) is 0 Å². The minimum atomic E-state index is -0.278. The second kappa shape index (κ2) is 6.19. The first-order chi connectivity index (χ1) is 10.7. The van der Waals surface area contributed by atoms with E-state index in [1.807, 2.05) is 35.2 Å². The van der Waals surface area contributed by atoms with Gasteiger partial charge >= 0.3 is 0 Å². The van der Waals surface area contributed by atoms with Crippen LogP contribution in [0.15, 0.2) is 30.3 Å². The standard InChI is InChI=1S/C16H19N3O3/c1-21-12-3-5-15(22-2)13(9-12)14-4-6-16(18-17-14)19-8-7-11(20)10-19/h3-6,9,11,20H,7-8,10H2,1-2H3. The van der Waals surface area contributed by atoms with Crippen molar-refractivity contribution in [1.82, 2.24) is 10.2 Å². The number of hydrogen-bond donors (Lipinski definition) is 1. The van der Waals surface area contributed by atoms with E-state index in [9.17, 15) is 5.11 Å². The highest BCUT2D eigenvalue weighted by Gasteiger charge is 2.21.